The molecular weight excluding hydrogens is 517 g/mol. The normalized spacial score (nSPS) is 16.0. The Labute approximate surface area is 207 Å². The Morgan fingerprint density at radius 3 is 2.19 bits per heavy atom. The second-order valence-corrected chi connectivity index (χ2v) is 7.89. The average molecular weight is 551 g/mol. The first kappa shape index (κ1) is 25.9. The lowest BCUT2D eigenvalue weighted by Crippen LogP contribution is -2.50. The predicted molar refractivity (Wildman–Crippen MR) is 141 cm³/mol. The van der Waals surface area contributed by atoms with Gasteiger partial charge in [-0.2, -0.15) is 0 Å². The van der Waals surface area contributed by atoms with Crippen molar-refractivity contribution in [3.8, 4) is 0 Å². The molecule has 1 fully saturated rings. The van der Waals surface area contributed by atoms with Gasteiger partial charge in [0.25, 0.3) is 0 Å². The number of carbonyl (C=O) groups is 1. The highest BCUT2D eigenvalue weighted by Crippen LogP contribution is 2.19. The van der Waals surface area contributed by atoms with Crippen LogP contribution in [0, 0.1) is 0 Å². The third-order valence-corrected chi connectivity index (χ3v) is 5.47. The Balaban J connectivity index is 0.00000363. The second-order valence-electron chi connectivity index (χ2n) is 7.89. The summed E-state index contributed by atoms with van der Waals surface area (Å²) < 4.78 is 0. The van der Waals surface area contributed by atoms with Crippen molar-refractivity contribution in [2.45, 2.75) is 19.4 Å². The number of guanidine groups is 1. The van der Waals surface area contributed by atoms with Gasteiger partial charge in [0, 0.05) is 38.4 Å². The van der Waals surface area contributed by atoms with E-state index in [0.717, 1.165) is 18.7 Å². The van der Waals surface area contributed by atoms with E-state index in [2.05, 4.69) is 32.7 Å². The fraction of sp³-hybridized carbons (Fsp3) is 0.417. The molecule has 3 rings (SSSR count). The number of benzene rings is 2. The van der Waals surface area contributed by atoms with E-state index in [9.17, 15) is 9.90 Å². The van der Waals surface area contributed by atoms with E-state index >= 15 is 0 Å². The van der Waals surface area contributed by atoms with E-state index in [1.54, 1.807) is 6.92 Å². The first-order valence-electron chi connectivity index (χ1n) is 10.9. The van der Waals surface area contributed by atoms with Crippen LogP contribution >= 0.6 is 24.0 Å². The van der Waals surface area contributed by atoms with Crippen LogP contribution in [0.3, 0.4) is 0 Å². The number of para-hydroxylation sites is 1. The molecule has 174 valence electrons. The maximum atomic E-state index is 12.7. The monoisotopic (exact) mass is 551 g/mol. The topological polar surface area (TPSA) is 80.2 Å². The number of carbonyl (C=O) groups excluding carboxylic acids is 1. The van der Waals surface area contributed by atoms with Crippen molar-refractivity contribution >= 4 is 41.5 Å². The molecule has 0 aliphatic carbocycles. The number of piperazine rings is 1. The Morgan fingerprint density at radius 2 is 1.59 bits per heavy atom. The SMILES string of the molecule is CCNC(=NCC(=O)N1CCN(c2ccccc2)CC1)NCC(C)(O)c1ccccc1.I. The summed E-state index contributed by atoms with van der Waals surface area (Å²) in [4.78, 5) is 21.3. The fourth-order valence-electron chi connectivity index (χ4n) is 3.60. The van der Waals surface area contributed by atoms with E-state index in [1.165, 1.54) is 5.69 Å². The van der Waals surface area contributed by atoms with Gasteiger partial charge in [-0.05, 0) is 31.5 Å². The van der Waals surface area contributed by atoms with Gasteiger partial charge in [-0.3, -0.25) is 4.79 Å². The van der Waals surface area contributed by atoms with Crippen molar-refractivity contribution in [2.24, 2.45) is 4.99 Å². The molecule has 1 heterocycles. The second kappa shape index (κ2) is 12.6. The van der Waals surface area contributed by atoms with E-state index in [1.807, 2.05) is 60.4 Å². The Morgan fingerprint density at radius 1 is 1.00 bits per heavy atom. The lowest BCUT2D eigenvalue weighted by Gasteiger charge is -2.36. The first-order valence-corrected chi connectivity index (χ1v) is 10.9. The van der Waals surface area contributed by atoms with Crippen molar-refractivity contribution < 1.29 is 9.90 Å². The van der Waals surface area contributed by atoms with Gasteiger partial charge in [0.15, 0.2) is 5.96 Å². The molecule has 3 N–H and O–H groups in total. The van der Waals surface area contributed by atoms with Gasteiger partial charge in [0.1, 0.15) is 12.1 Å². The summed E-state index contributed by atoms with van der Waals surface area (Å²) in [5, 5.41) is 17.1. The van der Waals surface area contributed by atoms with Crippen LogP contribution < -0.4 is 15.5 Å². The van der Waals surface area contributed by atoms with Crippen molar-refractivity contribution in [1.29, 1.82) is 0 Å². The molecule has 0 saturated carbocycles. The summed E-state index contributed by atoms with van der Waals surface area (Å²) in [6, 6.07) is 19.8. The number of halogens is 1. The maximum Gasteiger partial charge on any atom is 0.244 e. The lowest BCUT2D eigenvalue weighted by molar-refractivity contribution is -0.129. The molecule has 1 aliphatic rings. The minimum absolute atomic E-state index is 0. The summed E-state index contributed by atoms with van der Waals surface area (Å²) in [5.41, 5.74) is 0.970. The molecule has 1 aliphatic heterocycles. The highest BCUT2D eigenvalue weighted by molar-refractivity contribution is 14.0. The molecule has 0 radical (unpaired) electrons. The maximum absolute atomic E-state index is 12.7. The van der Waals surface area contributed by atoms with Crippen LogP contribution in [0.1, 0.15) is 19.4 Å². The van der Waals surface area contributed by atoms with Gasteiger partial charge in [0.2, 0.25) is 5.91 Å². The fourth-order valence-corrected chi connectivity index (χ4v) is 3.60. The summed E-state index contributed by atoms with van der Waals surface area (Å²) in [7, 11) is 0. The zero-order chi connectivity index (χ0) is 22.1. The predicted octanol–water partition coefficient (Wildman–Crippen LogP) is 2.42. The molecule has 0 bridgehead atoms. The average Bonchev–Trinajstić information content (AvgIpc) is 2.82. The van der Waals surface area contributed by atoms with E-state index < -0.39 is 5.60 Å². The van der Waals surface area contributed by atoms with Gasteiger partial charge >= 0.3 is 0 Å². The van der Waals surface area contributed by atoms with Crippen LogP contribution in [0.2, 0.25) is 0 Å². The molecule has 1 saturated heterocycles. The first-order chi connectivity index (χ1) is 15.0. The van der Waals surface area contributed by atoms with E-state index in [0.29, 0.717) is 25.6 Å². The quantitative estimate of drug-likeness (QED) is 0.280. The minimum Gasteiger partial charge on any atom is -0.384 e. The van der Waals surface area contributed by atoms with Crippen molar-refractivity contribution in [3.05, 3.63) is 66.2 Å². The standard InChI is InChI=1S/C24H33N5O2.HI/c1-3-25-23(27-19-24(2,31)20-10-6-4-7-11-20)26-18-22(30)29-16-14-28(15-17-29)21-12-8-5-9-13-21;/h4-13,31H,3,14-19H2,1-2H3,(H2,25,26,27);1H. The van der Waals surface area contributed by atoms with Gasteiger partial charge < -0.3 is 25.5 Å². The van der Waals surface area contributed by atoms with Crippen LogP contribution in [0.4, 0.5) is 5.69 Å². The Kier molecular flexibility index (Phi) is 10.2. The van der Waals surface area contributed by atoms with Crippen LogP contribution in [0.15, 0.2) is 65.7 Å². The minimum atomic E-state index is -1.05. The number of aliphatic imine (C=N–C) groups is 1. The van der Waals surface area contributed by atoms with Crippen molar-refractivity contribution in [2.75, 3.05) is 50.7 Å². The van der Waals surface area contributed by atoms with Crippen molar-refractivity contribution in [1.82, 2.24) is 15.5 Å². The number of hydrogen-bond donors (Lipinski definition) is 3. The molecule has 2 aromatic rings. The van der Waals surface area contributed by atoms with E-state index in [-0.39, 0.29) is 43.0 Å². The summed E-state index contributed by atoms with van der Waals surface area (Å²) in [5.74, 6) is 0.537. The summed E-state index contributed by atoms with van der Waals surface area (Å²) in [6.45, 7) is 7.78. The molecule has 0 aromatic heterocycles. The molecule has 0 spiro atoms. The number of amides is 1. The zero-order valence-corrected chi connectivity index (χ0v) is 21.2. The van der Waals surface area contributed by atoms with Gasteiger partial charge in [-0.25, -0.2) is 4.99 Å². The molecular formula is C24H34IN5O2. The van der Waals surface area contributed by atoms with Crippen molar-refractivity contribution in [3.63, 3.8) is 0 Å². The van der Waals surface area contributed by atoms with Gasteiger partial charge in [-0.15, -0.1) is 24.0 Å². The molecule has 8 heteroatoms. The molecule has 1 amide bonds. The molecule has 1 unspecified atom stereocenters. The largest absolute Gasteiger partial charge is 0.384 e. The third kappa shape index (κ3) is 7.37. The number of nitrogens with zero attached hydrogens (tertiary/aromatic N) is 3. The summed E-state index contributed by atoms with van der Waals surface area (Å²) in [6.07, 6.45) is 0. The number of rotatable bonds is 7. The molecule has 7 nitrogen and oxygen atoms in total. The number of anilines is 1. The van der Waals surface area contributed by atoms with Gasteiger partial charge in [-0.1, -0.05) is 48.5 Å². The zero-order valence-electron chi connectivity index (χ0n) is 18.8. The number of hydrogen-bond acceptors (Lipinski definition) is 4. The van der Waals surface area contributed by atoms with Crippen LogP contribution in [-0.2, 0) is 10.4 Å². The smallest absolute Gasteiger partial charge is 0.244 e. The van der Waals surface area contributed by atoms with E-state index in [4.69, 9.17) is 0 Å². The highest BCUT2D eigenvalue weighted by atomic mass is 127. The summed E-state index contributed by atoms with van der Waals surface area (Å²) >= 11 is 0. The molecule has 2 aromatic carbocycles. The van der Waals surface area contributed by atoms with Crippen LogP contribution in [0.5, 0.6) is 0 Å². The lowest BCUT2D eigenvalue weighted by atomic mass is 9.96. The van der Waals surface area contributed by atoms with Gasteiger partial charge in [0.05, 0.1) is 6.54 Å². The number of aliphatic hydroxyl groups is 1. The molecule has 1 atom stereocenters. The Bertz CT molecular complexity index is 853. The van der Waals surface area contributed by atoms with Crippen LogP contribution in [-0.4, -0.2) is 67.7 Å². The van der Waals surface area contributed by atoms with Crippen LogP contribution in [0.25, 0.3) is 0 Å². The third-order valence-electron chi connectivity index (χ3n) is 5.47. The highest BCUT2D eigenvalue weighted by Gasteiger charge is 2.24. The number of nitrogens with one attached hydrogen (secondary N) is 2. The Hall–Kier alpha value is -2.33. The molecule has 32 heavy (non-hydrogen) atoms.